The summed E-state index contributed by atoms with van der Waals surface area (Å²) in [5.41, 5.74) is 2.60. The lowest BCUT2D eigenvalue weighted by atomic mass is 10.1. The molecule has 1 N–H and O–H groups in total. The molecule has 0 amide bonds. The van der Waals surface area contributed by atoms with Gasteiger partial charge in [0.2, 0.25) is 0 Å². The molecule has 0 heterocycles. The first kappa shape index (κ1) is 14.6. The first-order valence-electron chi connectivity index (χ1n) is 6.38. The van der Waals surface area contributed by atoms with Crippen molar-refractivity contribution in [3.8, 4) is 0 Å². The monoisotopic (exact) mass is 337 g/mol. The Balaban J connectivity index is 1.84. The van der Waals surface area contributed by atoms with Crippen molar-refractivity contribution in [2.45, 2.75) is 19.4 Å². The Morgan fingerprint density at radius 1 is 1.16 bits per heavy atom. The Morgan fingerprint density at radius 2 is 1.89 bits per heavy atom. The van der Waals surface area contributed by atoms with E-state index in [4.69, 9.17) is 11.6 Å². The van der Waals surface area contributed by atoms with Gasteiger partial charge in [0.15, 0.2) is 0 Å². The second-order valence-electron chi connectivity index (χ2n) is 4.61. The van der Waals surface area contributed by atoms with Crippen molar-refractivity contribution < 1.29 is 0 Å². The molecule has 0 radical (unpaired) electrons. The van der Waals surface area contributed by atoms with Crippen LogP contribution in [0.25, 0.3) is 0 Å². The predicted molar refractivity (Wildman–Crippen MR) is 85.7 cm³/mol. The number of hydrogen-bond donors (Lipinski definition) is 1. The number of nitrogens with one attached hydrogen (secondary N) is 1. The summed E-state index contributed by atoms with van der Waals surface area (Å²) in [6.07, 6.45) is 1.01. The molecule has 0 aliphatic rings. The molecular formula is C16H17BrClN. The predicted octanol–water partition coefficient (Wildman–Crippen LogP) is 5.00. The van der Waals surface area contributed by atoms with Crippen molar-refractivity contribution in [2.75, 3.05) is 6.54 Å². The second kappa shape index (κ2) is 7.09. The van der Waals surface area contributed by atoms with Crippen LogP contribution in [0.2, 0.25) is 5.02 Å². The Hall–Kier alpha value is -0.830. The van der Waals surface area contributed by atoms with Crippen LogP contribution in [-0.2, 0) is 6.42 Å². The first-order chi connectivity index (χ1) is 9.15. The van der Waals surface area contributed by atoms with Gasteiger partial charge in [0.05, 0.1) is 0 Å². The van der Waals surface area contributed by atoms with Gasteiger partial charge in [-0.15, -0.1) is 0 Å². The summed E-state index contributed by atoms with van der Waals surface area (Å²) in [6.45, 7) is 3.14. The zero-order valence-corrected chi connectivity index (χ0v) is 13.2. The maximum Gasteiger partial charge on any atom is 0.0406 e. The lowest BCUT2D eigenvalue weighted by Crippen LogP contribution is -2.21. The minimum atomic E-state index is 0.352. The highest BCUT2D eigenvalue weighted by Gasteiger charge is 2.04. The zero-order chi connectivity index (χ0) is 13.7. The van der Waals surface area contributed by atoms with E-state index in [1.54, 1.807) is 0 Å². The minimum absolute atomic E-state index is 0.352. The Morgan fingerprint density at radius 3 is 2.58 bits per heavy atom. The lowest BCUT2D eigenvalue weighted by molar-refractivity contribution is 0.576. The van der Waals surface area contributed by atoms with Gasteiger partial charge >= 0.3 is 0 Å². The van der Waals surface area contributed by atoms with Crippen molar-refractivity contribution in [1.29, 1.82) is 0 Å². The molecule has 2 aromatic carbocycles. The first-order valence-corrected chi connectivity index (χ1v) is 7.55. The van der Waals surface area contributed by atoms with Gasteiger partial charge in [-0.25, -0.2) is 0 Å². The summed E-state index contributed by atoms with van der Waals surface area (Å²) in [7, 11) is 0. The van der Waals surface area contributed by atoms with E-state index in [0.717, 1.165) is 22.5 Å². The largest absolute Gasteiger partial charge is 0.310 e. The fourth-order valence-electron chi connectivity index (χ4n) is 1.98. The standard InChI is InChI=1S/C16H17BrClN/c1-12(14-3-2-4-15(17)11-14)19-10-9-13-5-7-16(18)8-6-13/h2-8,11-12,19H,9-10H2,1H3. The van der Waals surface area contributed by atoms with Crippen LogP contribution in [0.4, 0.5) is 0 Å². The van der Waals surface area contributed by atoms with E-state index in [9.17, 15) is 0 Å². The molecule has 0 aliphatic carbocycles. The van der Waals surface area contributed by atoms with Crippen molar-refractivity contribution >= 4 is 27.5 Å². The van der Waals surface area contributed by atoms with Gasteiger partial charge < -0.3 is 5.32 Å². The van der Waals surface area contributed by atoms with Crippen molar-refractivity contribution in [2.24, 2.45) is 0 Å². The molecule has 0 spiro atoms. The number of halogens is 2. The summed E-state index contributed by atoms with van der Waals surface area (Å²) < 4.78 is 1.12. The van der Waals surface area contributed by atoms with Crippen LogP contribution in [0, 0.1) is 0 Å². The lowest BCUT2D eigenvalue weighted by Gasteiger charge is -2.14. The Kier molecular flexibility index (Phi) is 5.44. The minimum Gasteiger partial charge on any atom is -0.310 e. The highest BCUT2D eigenvalue weighted by molar-refractivity contribution is 9.10. The van der Waals surface area contributed by atoms with Gasteiger partial charge in [0.1, 0.15) is 0 Å². The molecule has 19 heavy (non-hydrogen) atoms. The summed E-state index contributed by atoms with van der Waals surface area (Å²) in [6, 6.07) is 16.8. The molecule has 1 nitrogen and oxygen atoms in total. The summed E-state index contributed by atoms with van der Waals surface area (Å²) in [4.78, 5) is 0. The quantitative estimate of drug-likeness (QED) is 0.809. The zero-order valence-electron chi connectivity index (χ0n) is 10.9. The Bertz CT molecular complexity index is 525. The summed E-state index contributed by atoms with van der Waals surface area (Å²) in [5.74, 6) is 0. The number of rotatable bonds is 5. The van der Waals surface area contributed by atoms with E-state index in [1.165, 1.54) is 11.1 Å². The second-order valence-corrected chi connectivity index (χ2v) is 5.96. The molecule has 2 rings (SSSR count). The molecular weight excluding hydrogens is 322 g/mol. The van der Waals surface area contributed by atoms with E-state index in [0.29, 0.717) is 6.04 Å². The third-order valence-electron chi connectivity index (χ3n) is 3.13. The molecule has 1 atom stereocenters. The maximum absolute atomic E-state index is 5.87. The van der Waals surface area contributed by atoms with E-state index in [-0.39, 0.29) is 0 Å². The fraction of sp³-hybridized carbons (Fsp3) is 0.250. The third-order valence-corrected chi connectivity index (χ3v) is 3.87. The average molecular weight is 339 g/mol. The van der Waals surface area contributed by atoms with Gasteiger partial charge in [0.25, 0.3) is 0 Å². The summed E-state index contributed by atoms with van der Waals surface area (Å²) in [5, 5.41) is 4.33. The van der Waals surface area contributed by atoms with E-state index in [2.05, 4.69) is 58.5 Å². The van der Waals surface area contributed by atoms with Crippen LogP contribution >= 0.6 is 27.5 Å². The molecule has 3 heteroatoms. The molecule has 0 bridgehead atoms. The summed E-state index contributed by atoms with van der Waals surface area (Å²) >= 11 is 9.37. The van der Waals surface area contributed by atoms with Crippen molar-refractivity contribution in [3.05, 3.63) is 69.2 Å². The molecule has 0 saturated carbocycles. The normalized spacial score (nSPS) is 12.4. The van der Waals surface area contributed by atoms with Crippen LogP contribution in [0.15, 0.2) is 53.0 Å². The van der Waals surface area contributed by atoms with Gasteiger partial charge in [-0.1, -0.05) is 51.8 Å². The van der Waals surface area contributed by atoms with Crippen LogP contribution in [0.1, 0.15) is 24.1 Å². The third kappa shape index (κ3) is 4.64. The molecule has 2 aromatic rings. The molecule has 0 saturated heterocycles. The van der Waals surface area contributed by atoms with Crippen LogP contribution in [0.3, 0.4) is 0 Å². The average Bonchev–Trinajstić information content (AvgIpc) is 2.41. The van der Waals surface area contributed by atoms with Gasteiger partial charge in [-0.3, -0.25) is 0 Å². The fourth-order valence-corrected chi connectivity index (χ4v) is 2.52. The van der Waals surface area contributed by atoms with Gasteiger partial charge in [-0.05, 0) is 55.3 Å². The molecule has 0 aliphatic heterocycles. The number of hydrogen-bond acceptors (Lipinski definition) is 1. The topological polar surface area (TPSA) is 12.0 Å². The SMILES string of the molecule is CC(NCCc1ccc(Cl)cc1)c1cccc(Br)c1. The highest BCUT2D eigenvalue weighted by Crippen LogP contribution is 2.17. The van der Waals surface area contributed by atoms with Crippen molar-refractivity contribution in [1.82, 2.24) is 5.32 Å². The smallest absolute Gasteiger partial charge is 0.0406 e. The van der Waals surface area contributed by atoms with Gasteiger partial charge in [0, 0.05) is 15.5 Å². The van der Waals surface area contributed by atoms with Crippen molar-refractivity contribution in [3.63, 3.8) is 0 Å². The van der Waals surface area contributed by atoms with E-state index >= 15 is 0 Å². The van der Waals surface area contributed by atoms with Gasteiger partial charge in [-0.2, -0.15) is 0 Å². The van der Waals surface area contributed by atoms with Crippen LogP contribution in [0.5, 0.6) is 0 Å². The maximum atomic E-state index is 5.87. The molecule has 0 fully saturated rings. The highest BCUT2D eigenvalue weighted by atomic mass is 79.9. The van der Waals surface area contributed by atoms with Crippen LogP contribution < -0.4 is 5.32 Å². The van der Waals surface area contributed by atoms with E-state index in [1.807, 2.05) is 18.2 Å². The molecule has 100 valence electrons. The molecule has 1 unspecified atom stereocenters. The molecule has 0 aromatic heterocycles. The number of benzene rings is 2. The van der Waals surface area contributed by atoms with E-state index < -0.39 is 0 Å². The van der Waals surface area contributed by atoms with Crippen LogP contribution in [-0.4, -0.2) is 6.54 Å². The Labute approximate surface area is 128 Å².